The molecule has 0 bridgehead atoms. The van der Waals surface area contributed by atoms with Crippen LogP contribution in [0.25, 0.3) is 44.7 Å². The third-order valence-electron chi connectivity index (χ3n) is 16.5. The predicted molar refractivity (Wildman–Crippen MR) is 314 cm³/mol. The Morgan fingerprint density at radius 1 is 0.577 bits per heavy atom. The van der Waals surface area contributed by atoms with Crippen LogP contribution in [0.5, 0.6) is 0 Å². The molecule has 4 fully saturated rings. The van der Waals surface area contributed by atoms with Crippen molar-refractivity contribution in [3.05, 3.63) is 64.4 Å². The van der Waals surface area contributed by atoms with Gasteiger partial charge in [-0.15, -0.1) is 0 Å². The van der Waals surface area contributed by atoms with Crippen LogP contribution in [0.1, 0.15) is 43.1 Å². The molecule has 0 aromatic carbocycles. The number of hydrogen-bond acceptors (Lipinski definition) is 36. The summed E-state index contributed by atoms with van der Waals surface area (Å²) < 4.78 is 131. The Bertz CT molecular complexity index is 4690. The lowest BCUT2D eigenvalue weighted by Gasteiger charge is -2.32. The molecule has 2 saturated heterocycles. The van der Waals surface area contributed by atoms with E-state index in [2.05, 4.69) is 63.4 Å². The van der Waals surface area contributed by atoms with Gasteiger partial charge in [-0.3, -0.25) is 46.8 Å². The number of fused-ring (bicyclic) bond motifs is 4. The molecule has 52 heteroatoms. The number of aromatic nitrogens is 16. The first kappa shape index (κ1) is 70.4. The molecule has 10 heterocycles. The van der Waals surface area contributed by atoms with Gasteiger partial charge in [-0.1, -0.05) is 0 Å². The number of nitrogens with zero attached hydrogens (tertiary/aromatic N) is 14. The molecule has 2 aliphatic heterocycles. The van der Waals surface area contributed by atoms with Crippen LogP contribution >= 0.6 is 39.1 Å². The monoisotopic (exact) mass is 1470 g/mol. The lowest BCUT2D eigenvalue weighted by molar-refractivity contribution is -0.646. The van der Waals surface area contributed by atoms with Crippen molar-refractivity contribution in [1.29, 1.82) is 0 Å². The molecular formula is C45H60N19O28P5. The molecule has 8 aromatic heterocycles. The van der Waals surface area contributed by atoms with Crippen molar-refractivity contribution < 1.29 is 127 Å². The molecular weight excluding hydrogens is 1410 g/mol. The first-order chi connectivity index (χ1) is 45.6. The molecule has 528 valence electrons. The van der Waals surface area contributed by atoms with Gasteiger partial charge in [-0.2, -0.15) is 23.2 Å². The summed E-state index contributed by atoms with van der Waals surface area (Å²) in [6, 6.07) is -2.07. The number of nitrogens with one attached hydrogen (secondary N) is 2. The molecule has 12 rings (SSSR count). The van der Waals surface area contributed by atoms with Crippen molar-refractivity contribution in [2.45, 2.75) is 105 Å². The number of aliphatic hydroxyl groups excluding tert-OH is 5. The number of anilines is 3. The SMILES string of the molecule is CO[C@H]1C(OP(=O)([O-])OC[C@H]2C[C@@H](n3cnc4c(N)ncnc43)[C@@H](O)C2OP(=O)(O)OC[C@H]2C[C@@H](n3cnc4c(C)ncnc43)[C@@H](O)C2O)[C@@H](COP(=O)(O)OP(=O)(O)OP(=O)(O)OCC2O[C@@H](n3c[n+](C)c4c(=O)[nH]c(N)nc43)C(O)C2O)O[C@H]1n1cnc2c(=O)[nH]c(N)nc21. The topological polar surface area (TPSA) is 675 Å². The van der Waals surface area contributed by atoms with Crippen molar-refractivity contribution in [3.8, 4) is 0 Å². The van der Waals surface area contributed by atoms with E-state index in [9.17, 15) is 82.4 Å². The third-order valence-corrected chi connectivity index (χ3v) is 22.7. The predicted octanol–water partition coefficient (Wildman–Crippen LogP) is -4.11. The molecule has 17 N–H and O–H groups in total. The van der Waals surface area contributed by atoms with Crippen LogP contribution in [0.3, 0.4) is 0 Å². The van der Waals surface area contributed by atoms with Gasteiger partial charge in [0.15, 0.2) is 34.5 Å². The zero-order valence-corrected chi connectivity index (χ0v) is 54.4. The summed E-state index contributed by atoms with van der Waals surface area (Å²) in [5, 5.41) is 55.9. The summed E-state index contributed by atoms with van der Waals surface area (Å²) in [7, 11) is -27.3. The van der Waals surface area contributed by atoms with E-state index in [1.165, 1.54) is 46.1 Å². The highest BCUT2D eigenvalue weighted by Crippen LogP contribution is 2.68. The maximum absolute atomic E-state index is 14.3. The number of aliphatic hydroxyl groups is 5. The molecule has 0 spiro atoms. The van der Waals surface area contributed by atoms with Gasteiger partial charge in [0.1, 0.15) is 78.6 Å². The first-order valence-electron chi connectivity index (χ1n) is 28.4. The Morgan fingerprint density at radius 2 is 1.13 bits per heavy atom. The second-order valence-corrected chi connectivity index (χ2v) is 30.0. The fourth-order valence-electron chi connectivity index (χ4n) is 12.1. The Labute approximate surface area is 539 Å². The number of rotatable bonds is 25. The number of phosphoric acid groups is 5. The maximum Gasteiger partial charge on any atom is 0.490 e. The van der Waals surface area contributed by atoms with Gasteiger partial charge in [0.05, 0.1) is 76.3 Å². The quantitative estimate of drug-likeness (QED) is 0.0191. The largest absolute Gasteiger partial charge is 0.756 e. The fraction of sp³-hybridized carbons (Fsp3) is 0.556. The van der Waals surface area contributed by atoms with Crippen LogP contribution in [0.15, 0.2) is 47.6 Å². The number of nitrogen functional groups attached to an aromatic ring is 3. The number of imidazole rings is 4. The van der Waals surface area contributed by atoms with Gasteiger partial charge in [0.25, 0.3) is 24.5 Å². The number of H-pyrrole nitrogens is 2. The van der Waals surface area contributed by atoms with E-state index in [4.69, 9.17) is 58.6 Å². The van der Waals surface area contributed by atoms with Gasteiger partial charge in [0.2, 0.25) is 24.5 Å². The molecule has 21 atom stereocenters. The molecule has 97 heavy (non-hydrogen) atoms. The summed E-state index contributed by atoms with van der Waals surface area (Å²) in [6.07, 6.45) is -14.6. The van der Waals surface area contributed by atoms with Gasteiger partial charge >= 0.3 is 36.9 Å². The number of ether oxygens (including phenoxy) is 3. The van der Waals surface area contributed by atoms with Crippen molar-refractivity contribution in [2.75, 3.05) is 50.7 Å². The minimum Gasteiger partial charge on any atom is -0.756 e. The molecule has 2 saturated carbocycles. The lowest BCUT2D eigenvalue weighted by atomic mass is 10.1. The van der Waals surface area contributed by atoms with E-state index >= 15 is 0 Å². The minimum atomic E-state index is -6.32. The summed E-state index contributed by atoms with van der Waals surface area (Å²) in [6.45, 7) is -2.69. The molecule has 0 amide bonds. The fourth-order valence-corrected chi connectivity index (χ4v) is 17.6. The molecule has 47 nitrogen and oxygen atoms in total. The van der Waals surface area contributed by atoms with Crippen molar-refractivity contribution >= 4 is 101 Å². The highest BCUT2D eigenvalue weighted by molar-refractivity contribution is 7.66. The summed E-state index contributed by atoms with van der Waals surface area (Å²) in [5.74, 6) is -3.32. The standard InChI is InChI=1S/C45H60N19O28P5/c1-16-23-36(51-10-49-16)61(12-53-23)19-4-17(27(65)28(19)66)6-83-93(72,73)89-32-18(5-20(29(32)67)62-13-54-24-35(46)50-11-52-37(24)62)7-84-94(74,75)90-33-22(88-43(34(33)82-3)63-14-55-25-38(63)56-44(47)58-40(25)70)9-86-96(78,79)92-97(80,81)91-95(76,77)85-8-21-30(68)31(69)42(87-21)64-15-60(2)26-39(64)57-45(48)59-41(26)71/h10-15,17-22,27-34,42-43,65-69H,4-9H2,1-3H3,(H12-,46,47,48,50,52,56,57,58,59,70,71,72,73,74,75,76,77,78,79,80,81)/t17-,18-,19-,20-,21?,22-,27?,28-,29-,30?,31?,32?,33?,34+,42-,43-/m1/s1. The third kappa shape index (κ3) is 14.1. The lowest BCUT2D eigenvalue weighted by Crippen LogP contribution is -2.38. The number of methoxy groups -OCH3 is 1. The second kappa shape index (κ2) is 26.6. The minimum absolute atomic E-state index is 0.0391. The highest BCUT2D eigenvalue weighted by Gasteiger charge is 2.54. The van der Waals surface area contributed by atoms with Crippen LogP contribution in [-0.2, 0) is 79.8 Å². The van der Waals surface area contributed by atoms with Crippen LogP contribution in [0.4, 0.5) is 17.7 Å². The van der Waals surface area contributed by atoms with Gasteiger partial charge < -0.3 is 99.6 Å². The molecule has 4 aliphatic rings. The van der Waals surface area contributed by atoms with E-state index in [1.54, 1.807) is 6.92 Å². The summed E-state index contributed by atoms with van der Waals surface area (Å²) in [5.41, 5.74) is 16.5. The molecule has 0 radical (unpaired) electrons. The van der Waals surface area contributed by atoms with Gasteiger partial charge in [0, 0.05) is 18.9 Å². The molecule has 11 unspecified atom stereocenters. The Hall–Kier alpha value is -6.49. The van der Waals surface area contributed by atoms with Crippen molar-refractivity contribution in [3.63, 3.8) is 0 Å². The van der Waals surface area contributed by atoms with E-state index in [1.807, 2.05) is 0 Å². The Morgan fingerprint density at radius 3 is 1.81 bits per heavy atom. The Balaban J connectivity index is 0.740. The number of aromatic amines is 2. The van der Waals surface area contributed by atoms with Gasteiger partial charge in [-0.05, 0) is 19.8 Å². The second-order valence-electron chi connectivity index (χ2n) is 22.6. The van der Waals surface area contributed by atoms with E-state index in [0.717, 1.165) is 28.9 Å². The highest BCUT2D eigenvalue weighted by atomic mass is 31.3. The average molecular weight is 1470 g/mol. The first-order valence-corrected chi connectivity index (χ1v) is 35.9. The smallest absolute Gasteiger partial charge is 0.490 e. The zero-order chi connectivity index (χ0) is 69.7. The van der Waals surface area contributed by atoms with Crippen LogP contribution in [0.2, 0.25) is 0 Å². The normalized spacial score (nSPS) is 30.9. The average Bonchev–Trinajstić information content (AvgIpc) is 1.60. The van der Waals surface area contributed by atoms with Crippen LogP contribution < -0.4 is 37.8 Å². The number of phosphoric ester groups is 4. The zero-order valence-electron chi connectivity index (χ0n) is 50.0. The Kier molecular flexibility index (Phi) is 19.3. The molecule has 2 aliphatic carbocycles. The van der Waals surface area contributed by atoms with Gasteiger partial charge in [-0.25, -0.2) is 57.7 Å². The van der Waals surface area contributed by atoms with E-state index < -0.39 is 180 Å². The van der Waals surface area contributed by atoms with Crippen molar-refractivity contribution in [1.82, 2.24) is 73.1 Å². The van der Waals surface area contributed by atoms with Crippen LogP contribution in [0, 0.1) is 18.8 Å². The van der Waals surface area contributed by atoms with Crippen LogP contribution in [-0.4, -0.2) is 213 Å². The summed E-state index contributed by atoms with van der Waals surface area (Å²) >= 11 is 0. The maximum atomic E-state index is 14.3. The summed E-state index contributed by atoms with van der Waals surface area (Å²) in [4.78, 5) is 124. The van der Waals surface area contributed by atoms with E-state index in [0.29, 0.717) is 16.9 Å². The number of hydrogen-bond donors (Lipinski definition) is 14. The number of aryl methyl sites for hydroxylation is 2. The van der Waals surface area contributed by atoms with E-state index in [-0.39, 0.29) is 58.1 Å². The number of nitrogens with two attached hydrogens (primary N) is 3. The van der Waals surface area contributed by atoms with Crippen molar-refractivity contribution in [2.24, 2.45) is 18.9 Å². The molecule has 8 aromatic rings.